The van der Waals surface area contributed by atoms with Crippen LogP contribution >= 0.6 is 0 Å². The van der Waals surface area contributed by atoms with Crippen LogP contribution < -0.4 is 15.0 Å². The molecular weight excluding hydrogens is 358 g/mol. The van der Waals surface area contributed by atoms with Gasteiger partial charge in [0.25, 0.3) is 5.56 Å². The van der Waals surface area contributed by atoms with Gasteiger partial charge >= 0.3 is 0 Å². The number of nitrogens with zero attached hydrogens (tertiary/aromatic N) is 3. The van der Waals surface area contributed by atoms with Gasteiger partial charge in [-0.3, -0.25) is 4.79 Å². The van der Waals surface area contributed by atoms with Crippen LogP contribution in [0, 0.1) is 6.92 Å². The molecule has 0 unspecified atom stereocenters. The van der Waals surface area contributed by atoms with Crippen LogP contribution in [0.1, 0.15) is 17.1 Å². The van der Waals surface area contributed by atoms with Crippen LogP contribution in [0.4, 0.5) is 0 Å². The monoisotopic (exact) mass is 381 g/mol. The quantitative estimate of drug-likeness (QED) is 0.531. The van der Waals surface area contributed by atoms with Gasteiger partial charge in [0.2, 0.25) is 0 Å². The van der Waals surface area contributed by atoms with E-state index in [1.807, 2.05) is 37.3 Å². The molecule has 0 saturated heterocycles. The van der Waals surface area contributed by atoms with Crippen molar-refractivity contribution in [2.24, 2.45) is 0 Å². The van der Waals surface area contributed by atoms with Gasteiger partial charge in [0.05, 0.1) is 13.2 Å². The fourth-order valence-corrected chi connectivity index (χ4v) is 2.65. The Morgan fingerprint density at radius 3 is 2.39 bits per heavy atom. The van der Waals surface area contributed by atoms with Crippen LogP contribution in [0.2, 0.25) is 0 Å². The minimum Gasteiger partial charge on any atom is -0.491 e. The van der Waals surface area contributed by atoms with E-state index in [1.165, 1.54) is 6.07 Å². The number of hydrogen-bond acceptors (Lipinski definition) is 6. The van der Waals surface area contributed by atoms with Gasteiger partial charge in [0, 0.05) is 31.3 Å². The summed E-state index contributed by atoms with van der Waals surface area (Å²) in [6, 6.07) is 12.7. The first-order chi connectivity index (χ1) is 13.7. The van der Waals surface area contributed by atoms with E-state index in [9.17, 15) is 4.79 Å². The van der Waals surface area contributed by atoms with Crippen molar-refractivity contribution in [1.29, 1.82) is 0 Å². The molecule has 0 amide bonds. The molecule has 0 bridgehead atoms. The SMILES string of the molecule is COCCOc1ccc(Cn2c(C)cc(OCc3ncccn3)cc2=O)cc1. The number of pyridine rings is 1. The number of benzene rings is 1. The smallest absolute Gasteiger partial charge is 0.254 e. The molecule has 0 aliphatic rings. The summed E-state index contributed by atoms with van der Waals surface area (Å²) < 4.78 is 17.9. The van der Waals surface area contributed by atoms with Gasteiger partial charge in [-0.05, 0) is 36.8 Å². The van der Waals surface area contributed by atoms with Crippen molar-refractivity contribution in [2.75, 3.05) is 20.3 Å². The molecule has 28 heavy (non-hydrogen) atoms. The highest BCUT2D eigenvalue weighted by molar-refractivity contribution is 5.29. The van der Waals surface area contributed by atoms with Crippen molar-refractivity contribution in [3.8, 4) is 11.5 Å². The van der Waals surface area contributed by atoms with Crippen LogP contribution in [-0.2, 0) is 17.9 Å². The van der Waals surface area contributed by atoms with Gasteiger partial charge in [-0.1, -0.05) is 12.1 Å². The fraction of sp³-hybridized carbons (Fsp3) is 0.286. The second-order valence-electron chi connectivity index (χ2n) is 6.20. The first kappa shape index (κ1) is 19.6. The number of ether oxygens (including phenoxy) is 3. The molecule has 146 valence electrons. The summed E-state index contributed by atoms with van der Waals surface area (Å²) >= 11 is 0. The Labute approximate surface area is 163 Å². The molecule has 7 nitrogen and oxygen atoms in total. The van der Waals surface area contributed by atoms with E-state index in [1.54, 1.807) is 30.1 Å². The van der Waals surface area contributed by atoms with Crippen LogP contribution in [-0.4, -0.2) is 34.9 Å². The molecule has 2 aromatic heterocycles. The summed E-state index contributed by atoms with van der Waals surface area (Å²) in [6.45, 7) is 3.62. The minimum absolute atomic E-state index is 0.121. The number of aromatic nitrogens is 3. The molecule has 0 atom stereocenters. The van der Waals surface area contributed by atoms with Gasteiger partial charge in [-0.25, -0.2) is 9.97 Å². The molecule has 0 aliphatic carbocycles. The lowest BCUT2D eigenvalue weighted by molar-refractivity contribution is 0.146. The van der Waals surface area contributed by atoms with Crippen LogP contribution in [0.5, 0.6) is 11.5 Å². The summed E-state index contributed by atoms with van der Waals surface area (Å²) in [5.74, 6) is 1.85. The maximum atomic E-state index is 12.5. The highest BCUT2D eigenvalue weighted by atomic mass is 16.5. The molecule has 3 rings (SSSR count). The minimum atomic E-state index is -0.121. The van der Waals surface area contributed by atoms with Crippen molar-refractivity contribution in [3.63, 3.8) is 0 Å². The summed E-state index contributed by atoms with van der Waals surface area (Å²) in [4.78, 5) is 20.7. The van der Waals surface area contributed by atoms with Gasteiger partial charge < -0.3 is 18.8 Å². The van der Waals surface area contributed by atoms with Gasteiger partial charge in [0.1, 0.15) is 24.7 Å². The van der Waals surface area contributed by atoms with Crippen molar-refractivity contribution in [1.82, 2.24) is 14.5 Å². The van der Waals surface area contributed by atoms with E-state index in [2.05, 4.69) is 9.97 Å². The van der Waals surface area contributed by atoms with Crippen molar-refractivity contribution in [2.45, 2.75) is 20.1 Å². The van der Waals surface area contributed by atoms with E-state index in [4.69, 9.17) is 14.2 Å². The molecule has 3 aromatic rings. The van der Waals surface area contributed by atoms with Crippen LogP contribution in [0.3, 0.4) is 0 Å². The lowest BCUT2D eigenvalue weighted by Gasteiger charge is -2.13. The van der Waals surface area contributed by atoms with Crippen LogP contribution in [0.25, 0.3) is 0 Å². The molecule has 0 N–H and O–H groups in total. The molecule has 0 fully saturated rings. The van der Waals surface area contributed by atoms with E-state index in [0.717, 1.165) is 17.0 Å². The lowest BCUT2D eigenvalue weighted by Crippen LogP contribution is -2.22. The summed E-state index contributed by atoms with van der Waals surface area (Å²) in [7, 11) is 1.64. The first-order valence-electron chi connectivity index (χ1n) is 8.96. The van der Waals surface area contributed by atoms with Crippen molar-refractivity contribution >= 4 is 0 Å². The molecule has 2 heterocycles. The highest BCUT2D eigenvalue weighted by Crippen LogP contribution is 2.15. The van der Waals surface area contributed by atoms with E-state index >= 15 is 0 Å². The Kier molecular flexibility index (Phi) is 6.75. The topological polar surface area (TPSA) is 75.5 Å². The zero-order valence-electron chi connectivity index (χ0n) is 16.0. The Hall–Kier alpha value is -3.19. The highest BCUT2D eigenvalue weighted by Gasteiger charge is 2.07. The summed E-state index contributed by atoms with van der Waals surface area (Å²) in [5, 5.41) is 0. The van der Waals surface area contributed by atoms with E-state index < -0.39 is 0 Å². The summed E-state index contributed by atoms with van der Waals surface area (Å²) in [5.41, 5.74) is 1.71. The molecular formula is C21H23N3O4. The third-order valence-electron chi connectivity index (χ3n) is 4.12. The molecule has 0 aliphatic heterocycles. The fourth-order valence-electron chi connectivity index (χ4n) is 2.65. The van der Waals surface area contributed by atoms with Crippen molar-refractivity contribution < 1.29 is 14.2 Å². The zero-order chi connectivity index (χ0) is 19.8. The molecule has 0 spiro atoms. The molecule has 7 heteroatoms. The standard InChI is InChI=1S/C21H23N3O4/c1-16-12-19(28-15-20-22-8-3-9-23-20)13-21(25)24(16)14-17-4-6-18(7-5-17)27-11-10-26-2/h3-9,12-13H,10-11,14-15H2,1-2H3. The molecule has 0 saturated carbocycles. The maximum absolute atomic E-state index is 12.5. The third kappa shape index (κ3) is 5.40. The Bertz CT molecular complexity index is 940. The zero-order valence-corrected chi connectivity index (χ0v) is 16.0. The largest absolute Gasteiger partial charge is 0.491 e. The van der Waals surface area contributed by atoms with E-state index in [0.29, 0.717) is 31.3 Å². The second-order valence-corrected chi connectivity index (χ2v) is 6.20. The maximum Gasteiger partial charge on any atom is 0.254 e. The lowest BCUT2D eigenvalue weighted by atomic mass is 10.2. The first-order valence-corrected chi connectivity index (χ1v) is 8.96. The van der Waals surface area contributed by atoms with Crippen LogP contribution in [0.15, 0.2) is 59.7 Å². The van der Waals surface area contributed by atoms with Gasteiger partial charge in [-0.2, -0.15) is 0 Å². The number of aryl methyl sites for hydroxylation is 1. The molecule has 1 aromatic carbocycles. The normalized spacial score (nSPS) is 10.6. The number of hydrogen-bond donors (Lipinski definition) is 0. The number of methoxy groups -OCH3 is 1. The van der Waals surface area contributed by atoms with E-state index in [-0.39, 0.29) is 12.2 Å². The Balaban J connectivity index is 1.65. The van der Waals surface area contributed by atoms with Gasteiger partial charge in [0.15, 0.2) is 5.82 Å². The molecule has 0 radical (unpaired) electrons. The second kappa shape index (κ2) is 9.66. The Morgan fingerprint density at radius 1 is 0.964 bits per heavy atom. The predicted molar refractivity (Wildman–Crippen MR) is 105 cm³/mol. The average Bonchev–Trinajstić information content (AvgIpc) is 2.71. The van der Waals surface area contributed by atoms with Crippen molar-refractivity contribution in [3.05, 3.63) is 82.3 Å². The van der Waals surface area contributed by atoms with Gasteiger partial charge in [-0.15, -0.1) is 0 Å². The summed E-state index contributed by atoms with van der Waals surface area (Å²) in [6.07, 6.45) is 3.31. The number of rotatable bonds is 9. The third-order valence-corrected chi connectivity index (χ3v) is 4.12. The average molecular weight is 381 g/mol. The predicted octanol–water partition coefficient (Wildman–Crippen LogP) is 2.60. The Morgan fingerprint density at radius 2 is 1.71 bits per heavy atom.